The molecule has 1 rings (SSSR count). The first-order valence-corrected chi connectivity index (χ1v) is 4.49. The third-order valence-electron chi connectivity index (χ3n) is 1.63. The molecule has 0 aliphatic heterocycles. The Morgan fingerprint density at radius 3 is 2.56 bits per heavy atom. The van der Waals surface area contributed by atoms with E-state index < -0.39 is 12.2 Å². The Kier molecular flexibility index (Phi) is 3.69. The molecule has 0 fully saturated rings. The molecule has 1 N–H and O–H groups in total. The minimum Gasteiger partial charge on any atom is -0.506 e. The van der Waals surface area contributed by atoms with Crippen LogP contribution < -0.4 is 9.47 Å². The van der Waals surface area contributed by atoms with Crippen LogP contribution in [0, 0.1) is 0 Å². The van der Waals surface area contributed by atoms with Gasteiger partial charge in [0.1, 0.15) is 5.75 Å². The standard InChI is InChI=1S/C8H7ClF3NO3/c1-15-6-4(2-9)5(14)3-13-7(6)16-8(10,11)12/h3,14H,2H2,1H3. The highest BCUT2D eigenvalue weighted by atomic mass is 35.5. The number of halogens is 4. The Bertz CT molecular complexity index is 384. The second kappa shape index (κ2) is 4.65. The van der Waals surface area contributed by atoms with Crippen LogP contribution in [0.15, 0.2) is 6.20 Å². The maximum Gasteiger partial charge on any atom is 0.574 e. The van der Waals surface area contributed by atoms with E-state index in [9.17, 15) is 18.3 Å². The normalized spacial score (nSPS) is 11.3. The number of aromatic hydroxyl groups is 1. The summed E-state index contributed by atoms with van der Waals surface area (Å²) in [6, 6.07) is 0. The topological polar surface area (TPSA) is 51.6 Å². The van der Waals surface area contributed by atoms with Gasteiger partial charge in [0, 0.05) is 0 Å². The molecule has 0 bridgehead atoms. The van der Waals surface area contributed by atoms with E-state index in [1.807, 2.05) is 0 Å². The van der Waals surface area contributed by atoms with E-state index >= 15 is 0 Å². The third-order valence-corrected chi connectivity index (χ3v) is 1.90. The Hall–Kier alpha value is -1.37. The van der Waals surface area contributed by atoms with E-state index in [0.29, 0.717) is 0 Å². The highest BCUT2D eigenvalue weighted by Crippen LogP contribution is 2.37. The maximum absolute atomic E-state index is 12.0. The average Bonchev–Trinajstić information content (AvgIpc) is 2.18. The molecule has 8 heteroatoms. The van der Waals surface area contributed by atoms with E-state index in [2.05, 4.69) is 14.5 Å². The van der Waals surface area contributed by atoms with E-state index in [1.165, 1.54) is 0 Å². The van der Waals surface area contributed by atoms with Crippen LogP contribution in [0.3, 0.4) is 0 Å². The van der Waals surface area contributed by atoms with Crippen LogP contribution in [0.2, 0.25) is 0 Å². The molecule has 0 radical (unpaired) electrons. The number of pyridine rings is 1. The summed E-state index contributed by atoms with van der Waals surface area (Å²) < 4.78 is 44.2. The molecule has 1 aromatic heterocycles. The molecule has 0 amide bonds. The van der Waals surface area contributed by atoms with Crippen molar-refractivity contribution in [3.63, 3.8) is 0 Å². The molecule has 0 saturated heterocycles. The second-order valence-electron chi connectivity index (χ2n) is 2.64. The predicted octanol–water partition coefficient (Wildman–Crippen LogP) is 2.43. The number of rotatable bonds is 3. The summed E-state index contributed by atoms with van der Waals surface area (Å²) in [5.41, 5.74) is -0.0154. The van der Waals surface area contributed by atoms with Gasteiger partial charge >= 0.3 is 6.36 Å². The maximum atomic E-state index is 12.0. The zero-order valence-electron chi connectivity index (χ0n) is 8.01. The van der Waals surface area contributed by atoms with Crippen LogP contribution in [0.5, 0.6) is 17.4 Å². The molecule has 0 aliphatic rings. The summed E-state index contributed by atoms with van der Waals surface area (Å²) in [6.07, 6.45) is -4.08. The minimum atomic E-state index is -4.89. The van der Waals surface area contributed by atoms with E-state index in [0.717, 1.165) is 13.3 Å². The predicted molar refractivity (Wildman–Crippen MR) is 48.7 cm³/mol. The number of hydrogen-bond acceptors (Lipinski definition) is 4. The van der Waals surface area contributed by atoms with Gasteiger partial charge in [0.15, 0.2) is 5.75 Å². The van der Waals surface area contributed by atoms with Gasteiger partial charge < -0.3 is 14.6 Å². The van der Waals surface area contributed by atoms with Crippen LogP contribution in [-0.4, -0.2) is 23.6 Å². The Balaban J connectivity index is 3.19. The third kappa shape index (κ3) is 2.82. The molecule has 1 aromatic rings. The summed E-state index contributed by atoms with van der Waals surface area (Å²) in [5, 5.41) is 9.28. The van der Waals surface area contributed by atoms with Crippen molar-refractivity contribution in [2.75, 3.05) is 7.11 Å². The quantitative estimate of drug-likeness (QED) is 0.845. The first-order chi connectivity index (χ1) is 7.39. The van der Waals surface area contributed by atoms with Gasteiger partial charge in [0.25, 0.3) is 5.88 Å². The van der Waals surface area contributed by atoms with Gasteiger partial charge in [-0.1, -0.05) is 0 Å². The van der Waals surface area contributed by atoms with E-state index in [-0.39, 0.29) is 22.9 Å². The molecular weight excluding hydrogens is 251 g/mol. The number of alkyl halides is 4. The van der Waals surface area contributed by atoms with Gasteiger partial charge in [0.2, 0.25) is 0 Å². The number of ether oxygens (including phenoxy) is 2. The van der Waals surface area contributed by atoms with Crippen molar-refractivity contribution in [3.8, 4) is 17.4 Å². The molecule has 0 unspecified atom stereocenters. The van der Waals surface area contributed by atoms with Crippen molar-refractivity contribution >= 4 is 11.6 Å². The molecule has 16 heavy (non-hydrogen) atoms. The molecule has 0 spiro atoms. The molecule has 4 nitrogen and oxygen atoms in total. The van der Waals surface area contributed by atoms with E-state index in [1.54, 1.807) is 0 Å². The first-order valence-electron chi connectivity index (χ1n) is 3.95. The summed E-state index contributed by atoms with van der Waals surface area (Å²) in [6.45, 7) is 0. The number of aromatic nitrogens is 1. The van der Waals surface area contributed by atoms with Crippen LogP contribution in [0.25, 0.3) is 0 Å². The lowest BCUT2D eigenvalue weighted by Gasteiger charge is -2.14. The Morgan fingerprint density at radius 2 is 2.12 bits per heavy atom. The largest absolute Gasteiger partial charge is 0.574 e. The number of hydrogen-bond donors (Lipinski definition) is 1. The lowest BCUT2D eigenvalue weighted by molar-refractivity contribution is -0.276. The molecule has 90 valence electrons. The number of methoxy groups -OCH3 is 1. The van der Waals surface area contributed by atoms with Crippen molar-refractivity contribution < 1.29 is 27.8 Å². The number of nitrogens with zero attached hydrogens (tertiary/aromatic N) is 1. The summed E-state index contributed by atoms with van der Waals surface area (Å²) in [4.78, 5) is 3.27. The van der Waals surface area contributed by atoms with Crippen LogP contribution in [-0.2, 0) is 5.88 Å². The molecular formula is C8H7ClF3NO3. The van der Waals surface area contributed by atoms with Crippen molar-refractivity contribution in [1.82, 2.24) is 4.98 Å². The SMILES string of the molecule is COc1c(OC(F)(F)F)ncc(O)c1CCl. The monoisotopic (exact) mass is 257 g/mol. The zero-order valence-corrected chi connectivity index (χ0v) is 8.76. The zero-order chi connectivity index (χ0) is 12.3. The lowest BCUT2D eigenvalue weighted by atomic mass is 10.2. The van der Waals surface area contributed by atoms with Crippen molar-refractivity contribution in [1.29, 1.82) is 0 Å². The Labute approximate surface area is 93.6 Å². The molecule has 0 saturated carbocycles. The highest BCUT2D eigenvalue weighted by Gasteiger charge is 2.34. The van der Waals surface area contributed by atoms with Crippen molar-refractivity contribution in [2.45, 2.75) is 12.2 Å². The second-order valence-corrected chi connectivity index (χ2v) is 2.91. The van der Waals surface area contributed by atoms with Gasteiger partial charge in [-0.25, -0.2) is 4.98 Å². The first kappa shape index (κ1) is 12.7. The fourth-order valence-corrected chi connectivity index (χ4v) is 1.28. The van der Waals surface area contributed by atoms with Crippen LogP contribution >= 0.6 is 11.6 Å². The fourth-order valence-electron chi connectivity index (χ4n) is 1.02. The fraction of sp³-hybridized carbons (Fsp3) is 0.375. The van der Waals surface area contributed by atoms with Crippen LogP contribution in [0.1, 0.15) is 5.56 Å². The molecule has 0 aliphatic carbocycles. The lowest BCUT2D eigenvalue weighted by Crippen LogP contribution is -2.18. The van der Waals surface area contributed by atoms with Gasteiger partial charge in [-0.15, -0.1) is 24.8 Å². The van der Waals surface area contributed by atoms with Gasteiger partial charge in [0.05, 0.1) is 24.8 Å². The average molecular weight is 258 g/mol. The smallest absolute Gasteiger partial charge is 0.506 e. The minimum absolute atomic E-state index is 0.0154. The van der Waals surface area contributed by atoms with Gasteiger partial charge in [-0.05, 0) is 0 Å². The van der Waals surface area contributed by atoms with Crippen LogP contribution in [0.4, 0.5) is 13.2 Å². The van der Waals surface area contributed by atoms with E-state index in [4.69, 9.17) is 11.6 Å². The Morgan fingerprint density at radius 1 is 1.50 bits per heavy atom. The summed E-state index contributed by atoms with van der Waals surface area (Å²) >= 11 is 5.45. The molecule has 0 atom stereocenters. The summed E-state index contributed by atoms with van der Waals surface area (Å²) in [5.74, 6) is -1.72. The molecule has 1 heterocycles. The van der Waals surface area contributed by atoms with Gasteiger partial charge in [-0.2, -0.15) is 0 Å². The molecule has 0 aromatic carbocycles. The van der Waals surface area contributed by atoms with Crippen molar-refractivity contribution in [2.24, 2.45) is 0 Å². The summed E-state index contributed by atoms with van der Waals surface area (Å²) in [7, 11) is 1.12. The van der Waals surface area contributed by atoms with Crippen molar-refractivity contribution in [3.05, 3.63) is 11.8 Å². The highest BCUT2D eigenvalue weighted by molar-refractivity contribution is 6.17. The van der Waals surface area contributed by atoms with Gasteiger partial charge in [-0.3, -0.25) is 0 Å².